The first-order chi connectivity index (χ1) is 13.3. The van der Waals surface area contributed by atoms with Crippen LogP contribution in [0.5, 0.6) is 17.2 Å². The van der Waals surface area contributed by atoms with Gasteiger partial charge in [-0.1, -0.05) is 29.3 Å². The van der Waals surface area contributed by atoms with Gasteiger partial charge in [0.25, 0.3) is 0 Å². The van der Waals surface area contributed by atoms with Crippen molar-refractivity contribution in [3.63, 3.8) is 0 Å². The molecule has 0 aromatic heterocycles. The van der Waals surface area contributed by atoms with E-state index in [1.807, 2.05) is 12.1 Å². The van der Waals surface area contributed by atoms with Crippen molar-refractivity contribution in [2.75, 3.05) is 13.1 Å². The van der Waals surface area contributed by atoms with Crippen LogP contribution in [0, 0.1) is 0 Å². The summed E-state index contributed by atoms with van der Waals surface area (Å²) in [7, 11) is 0. The standard InChI is InChI=1S/C15H13Cl2NO2.C4H4O4/c16-10-2-1-3-12(6-10)19-14-5-4-11(17)7-15(14)20-13-8-18-9-13;5-3(6)1-2-4(7)8/h1-7,13,18H,8-9H2;1-2H,(H,5,6)(H,7,8)/b;2-1-. The maximum Gasteiger partial charge on any atom is 0.328 e. The van der Waals surface area contributed by atoms with E-state index < -0.39 is 11.9 Å². The summed E-state index contributed by atoms with van der Waals surface area (Å²) >= 11 is 12.0. The van der Waals surface area contributed by atoms with Crippen molar-refractivity contribution in [1.82, 2.24) is 5.32 Å². The van der Waals surface area contributed by atoms with Crippen LogP contribution in [0.1, 0.15) is 0 Å². The van der Waals surface area contributed by atoms with Crippen LogP contribution in [-0.2, 0) is 9.59 Å². The van der Waals surface area contributed by atoms with Gasteiger partial charge in [-0.25, -0.2) is 9.59 Å². The molecule has 1 saturated heterocycles. The lowest BCUT2D eigenvalue weighted by Gasteiger charge is -2.28. The van der Waals surface area contributed by atoms with E-state index in [0.717, 1.165) is 13.1 Å². The lowest BCUT2D eigenvalue weighted by molar-refractivity contribution is -0.134. The highest BCUT2D eigenvalue weighted by Gasteiger charge is 2.20. The molecule has 0 spiro atoms. The summed E-state index contributed by atoms with van der Waals surface area (Å²) in [6.07, 6.45) is 1.28. The Kier molecular flexibility index (Phi) is 8.13. The Hall–Kier alpha value is -2.74. The van der Waals surface area contributed by atoms with Crippen LogP contribution in [0.3, 0.4) is 0 Å². The molecule has 0 radical (unpaired) electrons. The number of benzene rings is 2. The summed E-state index contributed by atoms with van der Waals surface area (Å²) in [5, 5.41) is 20.0. The van der Waals surface area contributed by atoms with Crippen LogP contribution in [-0.4, -0.2) is 41.3 Å². The third-order valence-corrected chi connectivity index (χ3v) is 3.81. The predicted octanol–water partition coefficient (Wildman–Crippen LogP) is 3.85. The molecule has 28 heavy (non-hydrogen) atoms. The first-order valence-corrected chi connectivity index (χ1v) is 8.83. The second-order valence-corrected chi connectivity index (χ2v) is 6.43. The highest BCUT2D eigenvalue weighted by atomic mass is 35.5. The summed E-state index contributed by atoms with van der Waals surface area (Å²) in [6.45, 7) is 1.67. The van der Waals surface area contributed by atoms with Gasteiger partial charge in [-0.05, 0) is 30.3 Å². The van der Waals surface area contributed by atoms with Gasteiger partial charge in [0.15, 0.2) is 11.5 Å². The summed E-state index contributed by atoms with van der Waals surface area (Å²) in [4.78, 5) is 19.1. The monoisotopic (exact) mass is 425 g/mol. The molecule has 3 rings (SSSR count). The molecule has 1 aliphatic heterocycles. The molecule has 7 nitrogen and oxygen atoms in total. The first-order valence-electron chi connectivity index (χ1n) is 8.08. The fourth-order valence-electron chi connectivity index (χ4n) is 1.98. The van der Waals surface area contributed by atoms with Gasteiger partial charge in [0.2, 0.25) is 0 Å². The molecule has 0 unspecified atom stereocenters. The van der Waals surface area contributed by atoms with Gasteiger partial charge in [0.05, 0.1) is 0 Å². The predicted molar refractivity (Wildman–Crippen MR) is 105 cm³/mol. The van der Waals surface area contributed by atoms with E-state index in [-0.39, 0.29) is 6.10 Å². The molecule has 2 aromatic rings. The minimum Gasteiger partial charge on any atom is -0.484 e. The molecule has 1 fully saturated rings. The average molecular weight is 426 g/mol. The normalized spacial score (nSPS) is 13.2. The lowest BCUT2D eigenvalue weighted by Crippen LogP contribution is -2.50. The number of rotatable bonds is 6. The number of nitrogens with one attached hydrogen (secondary N) is 1. The van der Waals surface area contributed by atoms with E-state index in [1.54, 1.807) is 30.3 Å². The smallest absolute Gasteiger partial charge is 0.328 e. The Balaban J connectivity index is 0.000000300. The average Bonchev–Trinajstić information content (AvgIpc) is 2.59. The molecule has 148 valence electrons. The number of aliphatic carboxylic acids is 2. The molecule has 1 aliphatic rings. The topological polar surface area (TPSA) is 105 Å². The molecule has 0 atom stereocenters. The Labute approximate surface area is 171 Å². The van der Waals surface area contributed by atoms with Crippen molar-refractivity contribution in [2.24, 2.45) is 0 Å². The Morgan fingerprint density at radius 1 is 0.964 bits per heavy atom. The highest BCUT2D eigenvalue weighted by molar-refractivity contribution is 6.31. The van der Waals surface area contributed by atoms with Crippen LogP contribution in [0.25, 0.3) is 0 Å². The fourth-order valence-corrected chi connectivity index (χ4v) is 2.33. The molecule has 0 bridgehead atoms. The lowest BCUT2D eigenvalue weighted by atomic mass is 10.2. The molecule has 2 aromatic carbocycles. The van der Waals surface area contributed by atoms with Crippen molar-refractivity contribution in [2.45, 2.75) is 6.10 Å². The molecule has 0 aliphatic carbocycles. The van der Waals surface area contributed by atoms with Crippen molar-refractivity contribution >= 4 is 35.1 Å². The van der Waals surface area contributed by atoms with E-state index in [4.69, 9.17) is 42.9 Å². The zero-order chi connectivity index (χ0) is 20.5. The van der Waals surface area contributed by atoms with Gasteiger partial charge in [-0.3, -0.25) is 0 Å². The molecular formula is C19H17Cl2NO6. The third-order valence-electron chi connectivity index (χ3n) is 3.34. The van der Waals surface area contributed by atoms with Gasteiger partial charge < -0.3 is 25.0 Å². The van der Waals surface area contributed by atoms with E-state index in [1.165, 1.54) is 0 Å². The SMILES string of the molecule is Clc1cccc(Oc2ccc(Cl)cc2OC2CNC2)c1.O=C(O)/C=C\C(=O)O. The van der Waals surface area contributed by atoms with Crippen LogP contribution < -0.4 is 14.8 Å². The van der Waals surface area contributed by atoms with Crippen LogP contribution >= 0.6 is 23.2 Å². The molecule has 9 heteroatoms. The van der Waals surface area contributed by atoms with Gasteiger partial charge in [0, 0.05) is 41.4 Å². The zero-order valence-corrected chi connectivity index (χ0v) is 16.0. The number of carbonyl (C=O) groups is 2. The summed E-state index contributed by atoms with van der Waals surface area (Å²) in [5.41, 5.74) is 0. The van der Waals surface area contributed by atoms with E-state index in [9.17, 15) is 9.59 Å². The second kappa shape index (κ2) is 10.6. The first kappa shape index (κ1) is 21.6. The largest absolute Gasteiger partial charge is 0.484 e. The highest BCUT2D eigenvalue weighted by Crippen LogP contribution is 2.35. The van der Waals surface area contributed by atoms with E-state index in [0.29, 0.717) is 39.4 Å². The Morgan fingerprint density at radius 3 is 2.14 bits per heavy atom. The van der Waals surface area contributed by atoms with Gasteiger partial charge >= 0.3 is 11.9 Å². The molecule has 1 heterocycles. The fraction of sp³-hybridized carbons (Fsp3) is 0.158. The molecule has 0 saturated carbocycles. The maximum absolute atomic E-state index is 9.55. The van der Waals surface area contributed by atoms with Crippen LogP contribution in [0.4, 0.5) is 0 Å². The number of carboxylic acid groups (broad SMARTS) is 2. The van der Waals surface area contributed by atoms with Crippen LogP contribution in [0.15, 0.2) is 54.6 Å². The summed E-state index contributed by atoms with van der Waals surface area (Å²) in [6, 6.07) is 12.6. The van der Waals surface area contributed by atoms with E-state index in [2.05, 4.69) is 5.32 Å². The minimum absolute atomic E-state index is 0.162. The maximum atomic E-state index is 9.55. The summed E-state index contributed by atoms with van der Waals surface area (Å²) < 4.78 is 11.7. The number of hydrogen-bond acceptors (Lipinski definition) is 5. The van der Waals surface area contributed by atoms with Crippen molar-refractivity contribution < 1.29 is 29.3 Å². The van der Waals surface area contributed by atoms with Crippen molar-refractivity contribution in [3.05, 3.63) is 64.7 Å². The molecular weight excluding hydrogens is 409 g/mol. The number of halogens is 2. The van der Waals surface area contributed by atoms with Gasteiger partial charge in [0.1, 0.15) is 11.9 Å². The van der Waals surface area contributed by atoms with Gasteiger partial charge in [-0.2, -0.15) is 0 Å². The third kappa shape index (κ3) is 7.48. The van der Waals surface area contributed by atoms with E-state index >= 15 is 0 Å². The van der Waals surface area contributed by atoms with Crippen molar-refractivity contribution in [1.29, 1.82) is 0 Å². The molecule has 0 amide bonds. The quantitative estimate of drug-likeness (QED) is 0.603. The number of hydrogen-bond donors (Lipinski definition) is 3. The Morgan fingerprint density at radius 2 is 1.61 bits per heavy atom. The summed E-state index contributed by atoms with van der Waals surface area (Å²) in [5.74, 6) is -0.580. The number of carboxylic acids is 2. The zero-order valence-electron chi connectivity index (χ0n) is 14.5. The van der Waals surface area contributed by atoms with Crippen molar-refractivity contribution in [3.8, 4) is 17.2 Å². The van der Waals surface area contributed by atoms with Crippen LogP contribution in [0.2, 0.25) is 10.0 Å². The Bertz CT molecular complexity index is 851. The number of ether oxygens (including phenoxy) is 2. The minimum atomic E-state index is -1.26. The second-order valence-electron chi connectivity index (χ2n) is 5.56. The molecule has 3 N–H and O–H groups in total. The van der Waals surface area contributed by atoms with Gasteiger partial charge in [-0.15, -0.1) is 0 Å².